The molecule has 0 bridgehead atoms. The van der Waals surface area contributed by atoms with Crippen LogP contribution in [-0.2, 0) is 30.5 Å². The van der Waals surface area contributed by atoms with Gasteiger partial charge in [0.25, 0.3) is 0 Å². The molecule has 2 aliphatic rings. The van der Waals surface area contributed by atoms with Gasteiger partial charge in [0.15, 0.2) is 0 Å². The van der Waals surface area contributed by atoms with E-state index in [4.69, 9.17) is 9.84 Å². The van der Waals surface area contributed by atoms with Crippen molar-refractivity contribution in [2.75, 3.05) is 18.5 Å². The highest BCUT2D eigenvalue weighted by Gasteiger charge is 2.36. The van der Waals surface area contributed by atoms with E-state index >= 15 is 0 Å². The van der Waals surface area contributed by atoms with Gasteiger partial charge in [0, 0.05) is 36.5 Å². The molecule has 4 rings (SSSR count). The summed E-state index contributed by atoms with van der Waals surface area (Å²) in [6.07, 6.45) is -2.08. The number of carbonyl (C=O) groups excluding carboxylic acids is 1. The average molecular weight is 408 g/mol. The number of benzene rings is 1. The highest BCUT2D eigenvalue weighted by Crippen LogP contribution is 2.36. The average Bonchev–Trinajstić information content (AvgIpc) is 3.32. The van der Waals surface area contributed by atoms with Crippen LogP contribution in [0.4, 0.5) is 23.7 Å². The molecule has 1 atom stereocenters. The van der Waals surface area contributed by atoms with Crippen molar-refractivity contribution in [2.45, 2.75) is 51.6 Å². The topological polar surface area (TPSA) is 59.4 Å². The zero-order chi connectivity index (χ0) is 20.6. The summed E-state index contributed by atoms with van der Waals surface area (Å²) in [7, 11) is 0. The van der Waals surface area contributed by atoms with Gasteiger partial charge in [0.05, 0.1) is 30.5 Å². The minimum absolute atomic E-state index is 0.125. The van der Waals surface area contributed by atoms with E-state index in [0.29, 0.717) is 19.8 Å². The summed E-state index contributed by atoms with van der Waals surface area (Å²) in [6, 6.07) is 4.06. The third-order valence-electron chi connectivity index (χ3n) is 5.50. The molecule has 0 aliphatic carbocycles. The standard InChI is InChI=1S/C20H23F3N4O2/c1-2-27-16-8-10-29-12-15(16)18(25-27)17-7-4-9-26(17)19(28)24-14-6-3-5-13(11-14)20(21,22)23/h3,5-6,11,17H,2,4,7-10,12H2,1H3,(H,24,28). The lowest BCUT2D eigenvalue weighted by Gasteiger charge is -2.25. The number of amides is 2. The fourth-order valence-electron chi connectivity index (χ4n) is 4.13. The molecule has 1 saturated heterocycles. The van der Waals surface area contributed by atoms with Crippen LogP contribution in [0.5, 0.6) is 0 Å². The second kappa shape index (κ2) is 7.70. The number of nitrogens with zero attached hydrogens (tertiary/aromatic N) is 3. The smallest absolute Gasteiger partial charge is 0.376 e. The molecule has 1 unspecified atom stereocenters. The number of hydrogen-bond acceptors (Lipinski definition) is 3. The predicted molar refractivity (Wildman–Crippen MR) is 100 cm³/mol. The molecular formula is C20H23F3N4O2. The molecule has 0 saturated carbocycles. The number of anilines is 1. The first-order valence-corrected chi connectivity index (χ1v) is 9.79. The Hall–Kier alpha value is -2.55. The largest absolute Gasteiger partial charge is 0.416 e. The van der Waals surface area contributed by atoms with Crippen LogP contribution in [0.25, 0.3) is 0 Å². The number of aryl methyl sites for hydroxylation is 1. The lowest BCUT2D eigenvalue weighted by atomic mass is 10.0. The maximum atomic E-state index is 12.9. The minimum Gasteiger partial charge on any atom is -0.376 e. The van der Waals surface area contributed by atoms with E-state index in [1.54, 1.807) is 4.90 Å². The Labute approximate surface area is 166 Å². The van der Waals surface area contributed by atoms with Crippen molar-refractivity contribution in [1.82, 2.24) is 14.7 Å². The number of nitrogens with one attached hydrogen (secondary N) is 1. The molecule has 2 aromatic rings. The van der Waals surface area contributed by atoms with Gasteiger partial charge in [-0.15, -0.1) is 0 Å². The highest BCUT2D eigenvalue weighted by atomic mass is 19.4. The maximum Gasteiger partial charge on any atom is 0.416 e. The lowest BCUT2D eigenvalue weighted by molar-refractivity contribution is -0.137. The van der Waals surface area contributed by atoms with Gasteiger partial charge in [-0.3, -0.25) is 4.68 Å². The van der Waals surface area contributed by atoms with Crippen LogP contribution in [0.1, 0.15) is 48.3 Å². The van der Waals surface area contributed by atoms with E-state index in [-0.39, 0.29) is 11.7 Å². The second-order valence-corrected chi connectivity index (χ2v) is 7.29. The predicted octanol–water partition coefficient (Wildman–Crippen LogP) is 4.36. The Morgan fingerprint density at radius 3 is 2.97 bits per heavy atom. The number of halogens is 3. The van der Waals surface area contributed by atoms with Crippen molar-refractivity contribution in [2.24, 2.45) is 0 Å². The van der Waals surface area contributed by atoms with Gasteiger partial charge in [-0.25, -0.2) is 4.79 Å². The summed E-state index contributed by atoms with van der Waals surface area (Å²) in [6.45, 7) is 4.43. The van der Waals surface area contributed by atoms with E-state index in [2.05, 4.69) is 5.32 Å². The van der Waals surface area contributed by atoms with Gasteiger partial charge < -0.3 is 15.0 Å². The Morgan fingerprint density at radius 1 is 1.38 bits per heavy atom. The van der Waals surface area contributed by atoms with E-state index in [9.17, 15) is 18.0 Å². The Bertz CT molecular complexity index is 910. The zero-order valence-corrected chi connectivity index (χ0v) is 16.1. The number of aromatic nitrogens is 2. The van der Waals surface area contributed by atoms with Crippen molar-refractivity contribution < 1.29 is 22.7 Å². The van der Waals surface area contributed by atoms with Crippen molar-refractivity contribution in [3.8, 4) is 0 Å². The first kappa shape index (κ1) is 19.8. The molecule has 2 amide bonds. The summed E-state index contributed by atoms with van der Waals surface area (Å²) >= 11 is 0. The van der Waals surface area contributed by atoms with Crippen molar-refractivity contribution in [1.29, 1.82) is 0 Å². The number of carbonyl (C=O) groups is 1. The molecule has 1 aromatic heterocycles. The minimum atomic E-state index is -4.46. The molecule has 9 heteroatoms. The van der Waals surface area contributed by atoms with Crippen molar-refractivity contribution in [3.05, 3.63) is 46.8 Å². The highest BCUT2D eigenvalue weighted by molar-refractivity contribution is 5.90. The van der Waals surface area contributed by atoms with Crippen molar-refractivity contribution in [3.63, 3.8) is 0 Å². The molecule has 1 N–H and O–H groups in total. The fraction of sp³-hybridized carbons (Fsp3) is 0.500. The summed E-state index contributed by atoms with van der Waals surface area (Å²) in [5.74, 6) is 0. The first-order valence-electron chi connectivity index (χ1n) is 9.79. The molecule has 3 heterocycles. The summed E-state index contributed by atoms with van der Waals surface area (Å²) < 4.78 is 46.4. The van der Waals surface area contributed by atoms with Crippen LogP contribution in [0.2, 0.25) is 0 Å². The van der Waals surface area contributed by atoms with Crippen LogP contribution in [0, 0.1) is 0 Å². The molecule has 2 aliphatic heterocycles. The summed E-state index contributed by atoms with van der Waals surface area (Å²) in [5.41, 5.74) is 2.38. The van der Waals surface area contributed by atoms with Crippen LogP contribution in [-0.4, -0.2) is 33.9 Å². The molecule has 0 radical (unpaired) electrons. The van der Waals surface area contributed by atoms with Crippen molar-refractivity contribution >= 4 is 11.7 Å². The zero-order valence-electron chi connectivity index (χ0n) is 16.1. The van der Waals surface area contributed by atoms with E-state index in [1.165, 1.54) is 12.1 Å². The number of alkyl halides is 3. The van der Waals surface area contributed by atoms with E-state index < -0.39 is 17.8 Å². The van der Waals surface area contributed by atoms with Gasteiger partial charge >= 0.3 is 12.2 Å². The van der Waals surface area contributed by atoms with Crippen LogP contribution >= 0.6 is 0 Å². The lowest BCUT2D eigenvalue weighted by Crippen LogP contribution is -2.35. The van der Waals surface area contributed by atoms with Crippen LogP contribution in [0.3, 0.4) is 0 Å². The Balaban J connectivity index is 1.56. The number of hydrogen-bond donors (Lipinski definition) is 1. The van der Waals surface area contributed by atoms with Gasteiger partial charge in [-0.1, -0.05) is 6.07 Å². The van der Waals surface area contributed by atoms with Gasteiger partial charge in [-0.2, -0.15) is 18.3 Å². The second-order valence-electron chi connectivity index (χ2n) is 7.29. The summed E-state index contributed by atoms with van der Waals surface area (Å²) in [4.78, 5) is 14.5. The first-order chi connectivity index (χ1) is 13.9. The molecule has 1 fully saturated rings. The van der Waals surface area contributed by atoms with Gasteiger partial charge in [-0.05, 0) is 38.0 Å². The van der Waals surface area contributed by atoms with E-state index in [1.807, 2.05) is 11.6 Å². The normalized spacial score (nSPS) is 19.3. The van der Waals surface area contributed by atoms with E-state index in [0.717, 1.165) is 54.9 Å². The van der Waals surface area contributed by atoms with Crippen LogP contribution < -0.4 is 5.32 Å². The molecule has 1 aromatic carbocycles. The SMILES string of the molecule is CCn1nc(C2CCCN2C(=O)Nc2cccc(C(F)(F)F)c2)c2c1CCOC2. The van der Waals surface area contributed by atoms with Gasteiger partial charge in [0.2, 0.25) is 0 Å². The number of urea groups is 1. The number of likely N-dealkylation sites (tertiary alicyclic amines) is 1. The third-order valence-corrected chi connectivity index (χ3v) is 5.50. The Morgan fingerprint density at radius 2 is 2.21 bits per heavy atom. The third kappa shape index (κ3) is 3.83. The molecular weight excluding hydrogens is 385 g/mol. The molecule has 6 nitrogen and oxygen atoms in total. The Kier molecular flexibility index (Phi) is 5.24. The molecule has 29 heavy (non-hydrogen) atoms. The fourth-order valence-corrected chi connectivity index (χ4v) is 4.13. The van der Waals surface area contributed by atoms with Crippen LogP contribution in [0.15, 0.2) is 24.3 Å². The molecule has 156 valence electrons. The number of rotatable bonds is 3. The maximum absolute atomic E-state index is 12.9. The molecule has 0 spiro atoms. The quantitative estimate of drug-likeness (QED) is 0.821. The number of fused-ring (bicyclic) bond motifs is 1. The van der Waals surface area contributed by atoms with Gasteiger partial charge in [0.1, 0.15) is 0 Å². The monoisotopic (exact) mass is 408 g/mol. The number of ether oxygens (including phenoxy) is 1. The summed E-state index contributed by atoms with van der Waals surface area (Å²) in [5, 5.41) is 7.36.